The molecular weight excluding hydrogens is 654 g/mol. The highest BCUT2D eigenvalue weighted by Crippen LogP contribution is 2.34. The first-order valence-corrected chi connectivity index (χ1v) is 18.4. The van der Waals surface area contributed by atoms with Gasteiger partial charge in [0.05, 0.1) is 18.0 Å². The fraction of sp³-hybridized carbons (Fsp3) is 0.349. The minimum absolute atomic E-state index is 0.0984. The van der Waals surface area contributed by atoms with Crippen molar-refractivity contribution in [3.8, 4) is 39.7 Å². The van der Waals surface area contributed by atoms with E-state index in [2.05, 4.69) is 17.2 Å². The molecule has 0 radical (unpaired) electrons. The molecule has 0 aliphatic rings. The summed E-state index contributed by atoms with van der Waals surface area (Å²) in [4.78, 5) is 43.5. The summed E-state index contributed by atoms with van der Waals surface area (Å²) in [5.74, 6) is -0.443. The molecule has 0 saturated carbocycles. The van der Waals surface area contributed by atoms with Gasteiger partial charge in [0.15, 0.2) is 6.61 Å². The number of carboxylic acid groups (broad SMARTS) is 1. The third kappa shape index (κ3) is 13.4. The van der Waals surface area contributed by atoms with Crippen LogP contribution in [0.4, 0.5) is 0 Å². The molecule has 4 aromatic rings. The highest BCUT2D eigenvalue weighted by atomic mass is 16.5. The molecule has 0 saturated heterocycles. The quantitative estimate of drug-likeness (QED) is 0.0422. The zero-order valence-corrected chi connectivity index (χ0v) is 30.4. The summed E-state index contributed by atoms with van der Waals surface area (Å²) in [6.45, 7) is 4.59. The number of H-pyrrole nitrogens is 1. The Morgan fingerprint density at radius 1 is 0.712 bits per heavy atom. The minimum atomic E-state index is -1.05. The van der Waals surface area contributed by atoms with Gasteiger partial charge in [0.2, 0.25) is 5.91 Å². The van der Waals surface area contributed by atoms with E-state index in [1.807, 2.05) is 66.7 Å². The summed E-state index contributed by atoms with van der Waals surface area (Å²) >= 11 is 0. The summed E-state index contributed by atoms with van der Waals surface area (Å²) < 4.78 is 10.3. The molecule has 3 aromatic carbocycles. The second-order valence-corrected chi connectivity index (χ2v) is 12.7. The van der Waals surface area contributed by atoms with Crippen LogP contribution < -0.4 is 10.1 Å². The largest absolute Gasteiger partial charge is 0.482 e. The van der Waals surface area contributed by atoms with E-state index in [0.29, 0.717) is 30.4 Å². The number of esters is 1. The second kappa shape index (κ2) is 21.7. The fourth-order valence-corrected chi connectivity index (χ4v) is 5.70. The van der Waals surface area contributed by atoms with E-state index in [4.69, 9.17) is 19.6 Å². The van der Waals surface area contributed by atoms with Gasteiger partial charge in [-0.25, -0.2) is 14.6 Å². The Labute approximate surface area is 307 Å². The first-order valence-electron chi connectivity index (χ1n) is 18.4. The van der Waals surface area contributed by atoms with Crippen molar-refractivity contribution in [1.82, 2.24) is 15.3 Å². The summed E-state index contributed by atoms with van der Waals surface area (Å²) in [6.07, 6.45) is 19.1. The molecule has 9 heteroatoms. The number of imidazole rings is 1. The Morgan fingerprint density at radius 2 is 1.27 bits per heavy atom. The standard InChI is InChI=1S/C43H51N3O6/c1-3-5-6-7-8-9-10-11-12-13-30-44-38(47)28-18-32-14-20-34(21-15-32)41-42(35-24-26-37(27-25-35)52-31-39(48)49)46-43(45-41)36-22-16-33(17-23-36)19-29-40(50)51-4-2/h14-29H,3-13,30-31H2,1-2H3,(H,44,47)(H,45,46)(H,48,49). The topological polar surface area (TPSA) is 131 Å². The van der Waals surface area contributed by atoms with E-state index < -0.39 is 18.5 Å². The van der Waals surface area contributed by atoms with Gasteiger partial charge >= 0.3 is 11.9 Å². The Kier molecular flexibility index (Phi) is 16.4. The van der Waals surface area contributed by atoms with E-state index in [9.17, 15) is 14.4 Å². The molecular formula is C43H51N3O6. The molecule has 3 N–H and O–H groups in total. The van der Waals surface area contributed by atoms with Crippen LogP contribution in [0.5, 0.6) is 5.75 Å². The fourth-order valence-electron chi connectivity index (χ4n) is 5.70. The smallest absolute Gasteiger partial charge is 0.341 e. The third-order valence-corrected chi connectivity index (χ3v) is 8.53. The molecule has 0 aliphatic heterocycles. The predicted molar refractivity (Wildman–Crippen MR) is 208 cm³/mol. The average molecular weight is 706 g/mol. The monoisotopic (exact) mass is 705 g/mol. The van der Waals surface area contributed by atoms with E-state index >= 15 is 0 Å². The van der Waals surface area contributed by atoms with Crippen molar-refractivity contribution < 1.29 is 29.0 Å². The molecule has 0 atom stereocenters. The number of rotatable bonds is 22. The molecule has 0 spiro atoms. The molecule has 0 bridgehead atoms. The number of carboxylic acids is 1. The highest BCUT2D eigenvalue weighted by molar-refractivity contribution is 5.92. The molecule has 52 heavy (non-hydrogen) atoms. The number of unbranched alkanes of at least 4 members (excludes halogenated alkanes) is 9. The Bertz CT molecular complexity index is 1760. The SMILES string of the molecule is CCCCCCCCCCCCNC(=O)C=Cc1ccc(-c2[nH]c(-c3ccc(C=CC(=O)OCC)cc3)nc2-c2ccc(OCC(=O)O)cc2)cc1. The average Bonchev–Trinajstić information content (AvgIpc) is 3.61. The molecule has 0 fully saturated rings. The van der Waals surface area contributed by atoms with Crippen LogP contribution in [0.1, 0.15) is 89.2 Å². The van der Waals surface area contributed by atoms with Crippen LogP contribution in [0.15, 0.2) is 84.9 Å². The van der Waals surface area contributed by atoms with Crippen LogP contribution in [0.3, 0.4) is 0 Å². The Hall–Kier alpha value is -5.44. The zero-order valence-electron chi connectivity index (χ0n) is 30.4. The lowest BCUT2D eigenvalue weighted by atomic mass is 10.0. The maximum absolute atomic E-state index is 12.4. The lowest BCUT2D eigenvalue weighted by Gasteiger charge is -2.06. The maximum atomic E-state index is 12.4. The van der Waals surface area contributed by atoms with E-state index in [1.54, 1.807) is 31.2 Å². The van der Waals surface area contributed by atoms with E-state index in [1.165, 1.54) is 57.4 Å². The Morgan fingerprint density at radius 3 is 1.87 bits per heavy atom. The van der Waals surface area contributed by atoms with Crippen LogP contribution in [0.25, 0.3) is 46.1 Å². The number of hydrogen-bond donors (Lipinski definition) is 3. The molecule has 9 nitrogen and oxygen atoms in total. The molecule has 274 valence electrons. The Balaban J connectivity index is 1.41. The van der Waals surface area contributed by atoms with Gasteiger partial charge in [0.25, 0.3) is 0 Å². The lowest BCUT2D eigenvalue weighted by molar-refractivity contribution is -0.139. The zero-order chi connectivity index (χ0) is 37.0. The number of hydrogen-bond acceptors (Lipinski definition) is 6. The number of nitrogens with one attached hydrogen (secondary N) is 2. The number of aromatic nitrogens is 2. The third-order valence-electron chi connectivity index (χ3n) is 8.53. The molecule has 1 aromatic heterocycles. The van der Waals surface area contributed by atoms with Gasteiger partial charge in [-0.05, 0) is 60.9 Å². The number of carbonyl (C=O) groups excluding carboxylic acids is 2. The van der Waals surface area contributed by atoms with Crippen molar-refractivity contribution in [1.29, 1.82) is 0 Å². The summed E-state index contributed by atoms with van der Waals surface area (Å²) in [7, 11) is 0. The number of carbonyl (C=O) groups is 3. The lowest BCUT2D eigenvalue weighted by Crippen LogP contribution is -2.21. The normalized spacial score (nSPS) is 11.3. The number of aliphatic carboxylic acids is 1. The van der Waals surface area contributed by atoms with Gasteiger partial charge in [0.1, 0.15) is 11.6 Å². The van der Waals surface area contributed by atoms with Gasteiger partial charge in [-0.3, -0.25) is 4.79 Å². The number of aromatic amines is 1. The van der Waals surface area contributed by atoms with Crippen LogP contribution in [0.2, 0.25) is 0 Å². The summed E-state index contributed by atoms with van der Waals surface area (Å²) in [5, 5.41) is 12.0. The van der Waals surface area contributed by atoms with Gasteiger partial charge in [0, 0.05) is 35.4 Å². The van der Waals surface area contributed by atoms with Crippen molar-refractivity contribution in [3.63, 3.8) is 0 Å². The van der Waals surface area contributed by atoms with Crippen molar-refractivity contribution in [2.75, 3.05) is 19.8 Å². The summed E-state index contributed by atoms with van der Waals surface area (Å²) in [5.41, 5.74) is 5.81. The number of amides is 1. The van der Waals surface area contributed by atoms with Gasteiger partial charge in [-0.2, -0.15) is 0 Å². The van der Waals surface area contributed by atoms with Gasteiger partial charge in [-0.1, -0.05) is 113 Å². The van der Waals surface area contributed by atoms with Crippen LogP contribution in [-0.4, -0.2) is 52.7 Å². The second-order valence-electron chi connectivity index (χ2n) is 12.7. The molecule has 4 rings (SSSR count). The van der Waals surface area contributed by atoms with Crippen molar-refractivity contribution >= 4 is 30.0 Å². The molecule has 0 aliphatic carbocycles. The summed E-state index contributed by atoms with van der Waals surface area (Å²) in [6, 6.07) is 22.7. The first kappa shape index (κ1) is 39.3. The van der Waals surface area contributed by atoms with E-state index in [-0.39, 0.29) is 5.91 Å². The van der Waals surface area contributed by atoms with Crippen molar-refractivity contribution in [2.24, 2.45) is 0 Å². The van der Waals surface area contributed by atoms with Crippen molar-refractivity contribution in [2.45, 2.75) is 78.1 Å². The molecule has 1 heterocycles. The first-order chi connectivity index (χ1) is 25.4. The number of nitrogens with zero attached hydrogens (tertiary/aromatic N) is 1. The van der Waals surface area contributed by atoms with Crippen molar-refractivity contribution in [3.05, 3.63) is 96.1 Å². The maximum Gasteiger partial charge on any atom is 0.341 e. The van der Waals surface area contributed by atoms with Crippen LogP contribution in [-0.2, 0) is 19.1 Å². The number of benzene rings is 3. The highest BCUT2D eigenvalue weighted by Gasteiger charge is 2.16. The predicted octanol–water partition coefficient (Wildman–Crippen LogP) is 9.50. The van der Waals surface area contributed by atoms with Gasteiger partial charge in [-0.15, -0.1) is 0 Å². The van der Waals surface area contributed by atoms with Gasteiger partial charge < -0.3 is 24.9 Å². The minimum Gasteiger partial charge on any atom is -0.482 e. The van der Waals surface area contributed by atoms with Crippen LogP contribution >= 0.6 is 0 Å². The van der Waals surface area contributed by atoms with E-state index in [0.717, 1.165) is 46.4 Å². The van der Waals surface area contributed by atoms with Crippen LogP contribution in [0, 0.1) is 0 Å². The number of ether oxygens (including phenoxy) is 2. The molecule has 0 unspecified atom stereocenters. The molecule has 1 amide bonds.